The normalized spacial score (nSPS) is 22.6. The Morgan fingerprint density at radius 2 is 2.05 bits per heavy atom. The second-order valence-electron chi connectivity index (χ2n) is 6.11. The van der Waals surface area contributed by atoms with Crippen molar-refractivity contribution in [1.29, 1.82) is 0 Å². The van der Waals surface area contributed by atoms with E-state index in [-0.39, 0.29) is 11.5 Å². The first-order valence-corrected chi connectivity index (χ1v) is 7.69. The molecule has 2 heteroatoms. The van der Waals surface area contributed by atoms with Crippen molar-refractivity contribution in [3.05, 3.63) is 29.3 Å². The molecule has 1 aromatic carbocycles. The van der Waals surface area contributed by atoms with E-state index in [2.05, 4.69) is 25.1 Å². The minimum Gasteiger partial charge on any atom is -0.493 e. The number of ether oxygens (including phenoxy) is 1. The van der Waals surface area contributed by atoms with Crippen LogP contribution in [0.25, 0.3) is 0 Å². The van der Waals surface area contributed by atoms with Gasteiger partial charge in [-0.3, -0.25) is 0 Å². The van der Waals surface area contributed by atoms with E-state index >= 15 is 0 Å². The fraction of sp³-hybridized carbons (Fsp3) is 0.647. The molecular formula is C17H24O2. The molecule has 19 heavy (non-hydrogen) atoms. The molecule has 1 aliphatic carbocycles. The second kappa shape index (κ2) is 5.16. The van der Waals surface area contributed by atoms with Gasteiger partial charge in [-0.05, 0) is 37.7 Å². The maximum atomic E-state index is 10.9. The van der Waals surface area contributed by atoms with Crippen LogP contribution in [0.5, 0.6) is 5.75 Å². The third-order valence-electron chi connectivity index (χ3n) is 5.14. The number of aliphatic hydroxyl groups excluding tert-OH is 1. The van der Waals surface area contributed by atoms with Crippen LogP contribution >= 0.6 is 0 Å². The molecule has 0 spiro atoms. The Labute approximate surface area is 115 Å². The van der Waals surface area contributed by atoms with Crippen LogP contribution in [-0.2, 0) is 6.42 Å². The van der Waals surface area contributed by atoms with Crippen molar-refractivity contribution in [1.82, 2.24) is 0 Å². The molecule has 0 amide bonds. The van der Waals surface area contributed by atoms with Gasteiger partial charge < -0.3 is 9.84 Å². The molecule has 0 radical (unpaired) electrons. The summed E-state index contributed by atoms with van der Waals surface area (Å²) in [5.41, 5.74) is 2.38. The van der Waals surface area contributed by atoms with Crippen molar-refractivity contribution in [3.8, 4) is 5.75 Å². The Morgan fingerprint density at radius 3 is 2.79 bits per heavy atom. The average molecular weight is 260 g/mol. The van der Waals surface area contributed by atoms with Crippen LogP contribution in [0.15, 0.2) is 18.2 Å². The molecule has 1 heterocycles. The first-order valence-electron chi connectivity index (χ1n) is 7.69. The van der Waals surface area contributed by atoms with Gasteiger partial charge in [0.1, 0.15) is 5.75 Å². The van der Waals surface area contributed by atoms with Crippen LogP contribution in [-0.4, -0.2) is 11.7 Å². The van der Waals surface area contributed by atoms with Crippen LogP contribution in [0.1, 0.15) is 62.7 Å². The van der Waals surface area contributed by atoms with Gasteiger partial charge in [0.25, 0.3) is 0 Å². The van der Waals surface area contributed by atoms with Gasteiger partial charge in [0.2, 0.25) is 0 Å². The Hall–Kier alpha value is -1.02. The fourth-order valence-corrected chi connectivity index (χ4v) is 3.86. The topological polar surface area (TPSA) is 29.5 Å². The smallest absolute Gasteiger partial charge is 0.128 e. The number of rotatable bonds is 3. The highest BCUT2D eigenvalue weighted by molar-refractivity contribution is 5.44. The van der Waals surface area contributed by atoms with E-state index in [4.69, 9.17) is 4.74 Å². The van der Waals surface area contributed by atoms with Crippen LogP contribution in [0.4, 0.5) is 0 Å². The first kappa shape index (κ1) is 13.0. The Balaban J connectivity index is 1.97. The quantitative estimate of drug-likeness (QED) is 0.889. The van der Waals surface area contributed by atoms with Gasteiger partial charge in [0.05, 0.1) is 12.7 Å². The summed E-state index contributed by atoms with van der Waals surface area (Å²) in [5, 5.41) is 10.9. The average Bonchev–Trinajstić information content (AvgIpc) is 2.96. The third-order valence-corrected chi connectivity index (χ3v) is 5.14. The highest BCUT2D eigenvalue weighted by Crippen LogP contribution is 2.52. The fourth-order valence-electron chi connectivity index (χ4n) is 3.86. The molecule has 0 saturated heterocycles. The van der Waals surface area contributed by atoms with E-state index in [1.807, 2.05) is 0 Å². The zero-order chi connectivity index (χ0) is 13.3. The molecule has 2 aliphatic rings. The molecule has 1 fully saturated rings. The highest BCUT2D eigenvalue weighted by Gasteiger charge is 2.41. The standard InChI is InChI=1S/C17H24O2/c1-2-17(10-3-4-11-17)16(18)14-9-5-7-13-8-6-12-19-15(13)14/h5,7,9,16,18H,2-4,6,8,10-12H2,1H3. The van der Waals surface area contributed by atoms with Crippen molar-refractivity contribution in [2.24, 2.45) is 5.41 Å². The van der Waals surface area contributed by atoms with E-state index in [9.17, 15) is 5.11 Å². The minimum atomic E-state index is -0.368. The zero-order valence-corrected chi connectivity index (χ0v) is 11.8. The summed E-state index contributed by atoms with van der Waals surface area (Å²) >= 11 is 0. The summed E-state index contributed by atoms with van der Waals surface area (Å²) in [6.45, 7) is 3.00. The molecule has 1 aliphatic heterocycles. The van der Waals surface area contributed by atoms with E-state index in [0.29, 0.717) is 0 Å². The van der Waals surface area contributed by atoms with Gasteiger partial charge in [0, 0.05) is 11.0 Å². The van der Waals surface area contributed by atoms with Gasteiger partial charge in [-0.1, -0.05) is 38.0 Å². The molecule has 1 aromatic rings. The molecule has 3 rings (SSSR count). The summed E-state index contributed by atoms with van der Waals surface area (Å²) in [5.74, 6) is 0.973. The van der Waals surface area contributed by atoms with Crippen LogP contribution in [0, 0.1) is 5.41 Å². The van der Waals surface area contributed by atoms with E-state index in [1.165, 1.54) is 18.4 Å². The van der Waals surface area contributed by atoms with Gasteiger partial charge >= 0.3 is 0 Å². The van der Waals surface area contributed by atoms with Crippen molar-refractivity contribution in [3.63, 3.8) is 0 Å². The molecule has 0 aromatic heterocycles. The van der Waals surface area contributed by atoms with Crippen molar-refractivity contribution in [2.75, 3.05) is 6.61 Å². The number of aliphatic hydroxyl groups is 1. The Bertz CT molecular complexity index is 447. The number of fused-ring (bicyclic) bond motifs is 1. The maximum absolute atomic E-state index is 10.9. The number of aryl methyl sites for hydroxylation is 1. The molecule has 1 N–H and O–H groups in total. The molecule has 104 valence electrons. The highest BCUT2D eigenvalue weighted by atomic mass is 16.5. The zero-order valence-electron chi connectivity index (χ0n) is 11.8. The predicted octanol–water partition coefficient (Wildman–Crippen LogP) is 4.02. The lowest BCUT2D eigenvalue weighted by atomic mass is 9.74. The summed E-state index contributed by atoms with van der Waals surface area (Å²) in [7, 11) is 0. The van der Waals surface area contributed by atoms with Crippen molar-refractivity contribution in [2.45, 2.75) is 58.0 Å². The SMILES string of the molecule is CCC1(C(O)c2cccc3c2OCCC3)CCCC1. The number of hydrogen-bond donors (Lipinski definition) is 1. The van der Waals surface area contributed by atoms with Crippen LogP contribution in [0.2, 0.25) is 0 Å². The summed E-state index contributed by atoms with van der Waals surface area (Å²) < 4.78 is 5.86. The summed E-state index contributed by atoms with van der Waals surface area (Å²) in [6.07, 6.45) is 7.65. The molecule has 1 unspecified atom stereocenters. The second-order valence-corrected chi connectivity index (χ2v) is 6.11. The lowest BCUT2D eigenvalue weighted by Gasteiger charge is -2.35. The Morgan fingerprint density at radius 1 is 1.26 bits per heavy atom. The maximum Gasteiger partial charge on any atom is 0.128 e. The third kappa shape index (κ3) is 2.16. The largest absolute Gasteiger partial charge is 0.493 e. The molecular weight excluding hydrogens is 236 g/mol. The number of benzene rings is 1. The molecule has 1 atom stereocenters. The molecule has 1 saturated carbocycles. The number of hydrogen-bond acceptors (Lipinski definition) is 2. The minimum absolute atomic E-state index is 0.0793. The lowest BCUT2D eigenvalue weighted by molar-refractivity contribution is 0.0212. The van der Waals surface area contributed by atoms with Gasteiger partial charge in [-0.2, -0.15) is 0 Å². The van der Waals surface area contributed by atoms with Crippen LogP contribution < -0.4 is 4.74 Å². The van der Waals surface area contributed by atoms with Gasteiger partial charge in [0.15, 0.2) is 0 Å². The summed E-state index contributed by atoms with van der Waals surface area (Å²) in [4.78, 5) is 0. The van der Waals surface area contributed by atoms with Crippen LogP contribution in [0.3, 0.4) is 0 Å². The monoisotopic (exact) mass is 260 g/mol. The van der Waals surface area contributed by atoms with E-state index < -0.39 is 0 Å². The van der Waals surface area contributed by atoms with Gasteiger partial charge in [-0.25, -0.2) is 0 Å². The number of para-hydroxylation sites is 1. The van der Waals surface area contributed by atoms with Crippen molar-refractivity contribution < 1.29 is 9.84 Å². The lowest BCUT2D eigenvalue weighted by Crippen LogP contribution is -2.26. The van der Waals surface area contributed by atoms with E-state index in [1.54, 1.807) is 0 Å². The van der Waals surface area contributed by atoms with Crippen molar-refractivity contribution >= 4 is 0 Å². The first-order chi connectivity index (χ1) is 9.27. The van der Waals surface area contributed by atoms with E-state index in [0.717, 1.165) is 50.0 Å². The predicted molar refractivity (Wildman–Crippen MR) is 76.4 cm³/mol. The molecule has 2 nitrogen and oxygen atoms in total. The van der Waals surface area contributed by atoms with Gasteiger partial charge in [-0.15, -0.1) is 0 Å². The Kier molecular flexibility index (Phi) is 3.53. The summed E-state index contributed by atoms with van der Waals surface area (Å²) in [6, 6.07) is 6.27. The molecule has 0 bridgehead atoms.